The molecule has 0 bridgehead atoms. The van der Waals surface area contributed by atoms with Crippen LogP contribution in [0, 0.1) is 0 Å². The van der Waals surface area contributed by atoms with Gasteiger partial charge in [0.2, 0.25) is 5.91 Å². The topological polar surface area (TPSA) is 64.7 Å². The molecule has 1 aliphatic rings. The molecule has 1 unspecified atom stereocenters. The van der Waals surface area contributed by atoms with Crippen LogP contribution >= 0.6 is 11.6 Å². The molecule has 2 aromatic carbocycles. The number of anilines is 2. The van der Waals surface area contributed by atoms with Crippen LogP contribution in [0.2, 0.25) is 5.02 Å². The first-order valence-corrected chi connectivity index (χ1v) is 9.71. The molecular formula is C21H25ClN4O2. The van der Waals surface area contributed by atoms with E-state index in [1.165, 1.54) is 0 Å². The number of carbonyl (C=O) groups excluding carboxylic acids is 2. The summed E-state index contributed by atoms with van der Waals surface area (Å²) in [5.41, 5.74) is 2.11. The van der Waals surface area contributed by atoms with Gasteiger partial charge in [-0.05, 0) is 44.3 Å². The van der Waals surface area contributed by atoms with Crippen molar-refractivity contribution in [3.63, 3.8) is 0 Å². The maximum atomic E-state index is 12.7. The van der Waals surface area contributed by atoms with Crippen LogP contribution in [0.3, 0.4) is 0 Å². The second-order valence-corrected chi connectivity index (χ2v) is 7.44. The van der Waals surface area contributed by atoms with E-state index in [4.69, 9.17) is 11.6 Å². The van der Waals surface area contributed by atoms with Gasteiger partial charge < -0.3 is 20.4 Å². The molecule has 1 heterocycles. The summed E-state index contributed by atoms with van der Waals surface area (Å²) in [6.45, 7) is 5.33. The van der Waals surface area contributed by atoms with Crippen molar-refractivity contribution in [2.45, 2.75) is 13.0 Å². The van der Waals surface area contributed by atoms with Gasteiger partial charge in [0.15, 0.2) is 0 Å². The van der Waals surface area contributed by atoms with Gasteiger partial charge in [-0.2, -0.15) is 0 Å². The number of hydrogen-bond acceptors (Lipinski definition) is 4. The lowest BCUT2D eigenvalue weighted by molar-refractivity contribution is -0.117. The Morgan fingerprint density at radius 3 is 2.39 bits per heavy atom. The summed E-state index contributed by atoms with van der Waals surface area (Å²) in [5.74, 6) is -0.574. The monoisotopic (exact) mass is 400 g/mol. The van der Waals surface area contributed by atoms with Crippen molar-refractivity contribution in [2.75, 3.05) is 43.4 Å². The lowest BCUT2D eigenvalue weighted by Gasteiger charge is -2.35. The molecule has 28 heavy (non-hydrogen) atoms. The summed E-state index contributed by atoms with van der Waals surface area (Å²) in [7, 11) is 2.10. The lowest BCUT2D eigenvalue weighted by Crippen LogP contribution is -2.45. The fourth-order valence-electron chi connectivity index (χ4n) is 3.11. The number of halogens is 1. The van der Waals surface area contributed by atoms with Crippen molar-refractivity contribution < 1.29 is 9.59 Å². The average molecular weight is 401 g/mol. The van der Waals surface area contributed by atoms with Crippen LogP contribution < -0.4 is 15.5 Å². The van der Waals surface area contributed by atoms with Gasteiger partial charge in [0.1, 0.15) is 6.04 Å². The molecule has 0 aromatic heterocycles. The summed E-state index contributed by atoms with van der Waals surface area (Å²) >= 11 is 6.16. The predicted octanol–water partition coefficient (Wildman–Crippen LogP) is 2.85. The molecule has 7 heteroatoms. The van der Waals surface area contributed by atoms with Gasteiger partial charge in [-0.1, -0.05) is 29.8 Å². The zero-order valence-electron chi connectivity index (χ0n) is 16.1. The maximum Gasteiger partial charge on any atom is 0.251 e. The van der Waals surface area contributed by atoms with Gasteiger partial charge in [-0.3, -0.25) is 9.59 Å². The normalized spacial score (nSPS) is 15.8. The molecule has 1 atom stereocenters. The standard InChI is InChI=1S/C21H25ClN4O2/c1-15(23-21(28)16-6-4-3-5-7-16)20(27)24-18-14-17(22)8-9-19(18)26-12-10-25(2)11-13-26/h3-9,14-15H,10-13H2,1-2H3,(H,23,28)(H,24,27). The molecule has 0 radical (unpaired) electrons. The molecule has 0 spiro atoms. The van der Waals surface area contributed by atoms with Crippen LogP contribution in [-0.4, -0.2) is 56.0 Å². The van der Waals surface area contributed by atoms with Gasteiger partial charge in [-0.15, -0.1) is 0 Å². The minimum absolute atomic E-state index is 0.284. The van der Waals surface area contributed by atoms with Crippen molar-refractivity contribution in [2.24, 2.45) is 0 Å². The van der Waals surface area contributed by atoms with E-state index in [9.17, 15) is 9.59 Å². The summed E-state index contributed by atoms with van der Waals surface area (Å²) in [6.07, 6.45) is 0. The van der Waals surface area contributed by atoms with Gasteiger partial charge in [0.25, 0.3) is 5.91 Å². The average Bonchev–Trinajstić information content (AvgIpc) is 2.69. The number of likely N-dealkylation sites (N-methyl/N-ethyl adjacent to an activating group) is 1. The molecule has 148 valence electrons. The number of nitrogens with zero attached hydrogens (tertiary/aromatic N) is 2. The Morgan fingerprint density at radius 2 is 1.71 bits per heavy atom. The third-order valence-corrected chi connectivity index (χ3v) is 5.07. The Morgan fingerprint density at radius 1 is 1.04 bits per heavy atom. The van der Waals surface area contributed by atoms with Gasteiger partial charge >= 0.3 is 0 Å². The maximum absolute atomic E-state index is 12.7. The first-order valence-electron chi connectivity index (χ1n) is 9.34. The number of carbonyl (C=O) groups is 2. The van der Waals surface area contributed by atoms with Gasteiger partial charge in [0.05, 0.1) is 11.4 Å². The summed E-state index contributed by atoms with van der Waals surface area (Å²) in [6, 6.07) is 13.6. The second kappa shape index (κ2) is 9.08. The van der Waals surface area contributed by atoms with Crippen LogP contribution in [0.1, 0.15) is 17.3 Å². The largest absolute Gasteiger partial charge is 0.367 e. The van der Waals surface area contributed by atoms with E-state index in [2.05, 4.69) is 27.5 Å². The van der Waals surface area contributed by atoms with E-state index in [0.717, 1.165) is 31.9 Å². The van der Waals surface area contributed by atoms with E-state index in [-0.39, 0.29) is 11.8 Å². The molecule has 6 nitrogen and oxygen atoms in total. The van der Waals surface area contributed by atoms with Crippen LogP contribution in [0.25, 0.3) is 0 Å². The Hall–Kier alpha value is -2.57. The third kappa shape index (κ3) is 5.03. The highest BCUT2D eigenvalue weighted by atomic mass is 35.5. The quantitative estimate of drug-likeness (QED) is 0.810. The molecule has 3 rings (SSSR count). The van der Waals surface area contributed by atoms with E-state index in [1.807, 2.05) is 18.2 Å². The number of hydrogen-bond donors (Lipinski definition) is 2. The zero-order valence-corrected chi connectivity index (χ0v) is 16.9. The SMILES string of the molecule is CC(NC(=O)c1ccccc1)C(=O)Nc1cc(Cl)ccc1N1CCN(C)CC1. The summed E-state index contributed by atoms with van der Waals surface area (Å²) in [4.78, 5) is 29.5. The second-order valence-electron chi connectivity index (χ2n) is 7.00. The highest BCUT2D eigenvalue weighted by Crippen LogP contribution is 2.30. The molecule has 2 aromatic rings. The van der Waals surface area contributed by atoms with Crippen LogP contribution in [0.15, 0.2) is 48.5 Å². The number of rotatable bonds is 5. The first kappa shape index (κ1) is 20.2. The minimum Gasteiger partial charge on any atom is -0.367 e. The van der Waals surface area contributed by atoms with Crippen molar-refractivity contribution in [3.8, 4) is 0 Å². The predicted molar refractivity (Wildman–Crippen MR) is 113 cm³/mol. The molecule has 1 saturated heterocycles. The lowest BCUT2D eigenvalue weighted by atomic mass is 10.2. The van der Waals surface area contributed by atoms with E-state index in [0.29, 0.717) is 16.3 Å². The number of amides is 2. The molecule has 0 saturated carbocycles. The highest BCUT2D eigenvalue weighted by molar-refractivity contribution is 6.31. The Balaban J connectivity index is 1.69. The Kier molecular flexibility index (Phi) is 6.54. The van der Waals surface area contributed by atoms with Gasteiger partial charge in [-0.25, -0.2) is 0 Å². The van der Waals surface area contributed by atoms with Crippen molar-refractivity contribution in [1.29, 1.82) is 0 Å². The highest BCUT2D eigenvalue weighted by Gasteiger charge is 2.21. The Bertz CT molecular complexity index is 836. The summed E-state index contributed by atoms with van der Waals surface area (Å²) in [5, 5.41) is 6.20. The summed E-state index contributed by atoms with van der Waals surface area (Å²) < 4.78 is 0. The molecule has 0 aliphatic carbocycles. The van der Waals surface area contributed by atoms with Crippen LogP contribution in [0.4, 0.5) is 11.4 Å². The smallest absolute Gasteiger partial charge is 0.251 e. The molecule has 2 amide bonds. The van der Waals surface area contributed by atoms with Crippen molar-refractivity contribution in [3.05, 3.63) is 59.1 Å². The molecule has 1 aliphatic heterocycles. The van der Waals surface area contributed by atoms with E-state index in [1.54, 1.807) is 37.3 Å². The van der Waals surface area contributed by atoms with E-state index >= 15 is 0 Å². The number of piperazine rings is 1. The van der Waals surface area contributed by atoms with Crippen LogP contribution in [0.5, 0.6) is 0 Å². The fourth-order valence-corrected chi connectivity index (χ4v) is 3.28. The molecule has 2 N–H and O–H groups in total. The van der Waals surface area contributed by atoms with Crippen molar-refractivity contribution >= 4 is 34.8 Å². The zero-order chi connectivity index (χ0) is 20.1. The molecule has 1 fully saturated rings. The number of benzene rings is 2. The van der Waals surface area contributed by atoms with E-state index < -0.39 is 6.04 Å². The minimum atomic E-state index is -0.688. The third-order valence-electron chi connectivity index (χ3n) is 4.84. The van der Waals surface area contributed by atoms with Crippen molar-refractivity contribution in [1.82, 2.24) is 10.2 Å². The fraction of sp³-hybridized carbons (Fsp3) is 0.333. The van der Waals surface area contributed by atoms with Gasteiger partial charge in [0, 0.05) is 36.8 Å². The number of nitrogens with one attached hydrogen (secondary N) is 2. The first-order chi connectivity index (χ1) is 13.4. The Labute approximate surface area is 170 Å². The molecular weight excluding hydrogens is 376 g/mol. The van der Waals surface area contributed by atoms with Crippen LogP contribution in [-0.2, 0) is 4.79 Å².